The largest absolute Gasteiger partial charge is 0.295 e. The highest BCUT2D eigenvalue weighted by atomic mass is 16.1. The summed E-state index contributed by atoms with van der Waals surface area (Å²) in [6.07, 6.45) is 19.9. The Bertz CT molecular complexity index is 297. The van der Waals surface area contributed by atoms with Crippen LogP contribution in [0.5, 0.6) is 0 Å². The van der Waals surface area contributed by atoms with Crippen LogP contribution in [-0.4, -0.2) is 5.78 Å². The van der Waals surface area contributed by atoms with Crippen LogP contribution < -0.4 is 0 Å². The van der Waals surface area contributed by atoms with Gasteiger partial charge in [-0.1, -0.05) is 37.3 Å². The summed E-state index contributed by atoms with van der Waals surface area (Å²) in [5.41, 5.74) is 0. The van der Waals surface area contributed by atoms with E-state index in [0.717, 1.165) is 38.5 Å². The van der Waals surface area contributed by atoms with Gasteiger partial charge in [0.2, 0.25) is 0 Å². The fourth-order valence-electron chi connectivity index (χ4n) is 1.97. The van der Waals surface area contributed by atoms with E-state index in [1.54, 1.807) is 6.08 Å². The molecule has 0 aromatic heterocycles. The van der Waals surface area contributed by atoms with Gasteiger partial charge >= 0.3 is 0 Å². The van der Waals surface area contributed by atoms with Crippen LogP contribution in [0.1, 0.15) is 51.9 Å². The molecule has 1 aliphatic carbocycles. The van der Waals surface area contributed by atoms with E-state index in [0.29, 0.717) is 12.3 Å². The maximum absolute atomic E-state index is 11.6. The maximum Gasteiger partial charge on any atom is 0.155 e. The molecule has 0 radical (unpaired) electrons. The molecule has 0 saturated carbocycles. The number of allylic oxidation sites excluding steroid dienone is 6. The Kier molecular flexibility index (Phi) is 7.37. The molecule has 0 aromatic carbocycles. The zero-order valence-corrected chi connectivity index (χ0v) is 10.9. The first kappa shape index (κ1) is 14.0. The molecule has 1 aliphatic rings. The van der Waals surface area contributed by atoms with Crippen LogP contribution in [0, 0.1) is 5.92 Å². The van der Waals surface area contributed by atoms with Gasteiger partial charge in [-0.3, -0.25) is 4.79 Å². The molecule has 0 N–H and O–H groups in total. The molecular weight excluding hydrogens is 208 g/mol. The lowest BCUT2D eigenvalue weighted by Gasteiger charge is -2.06. The molecule has 0 spiro atoms. The Balaban J connectivity index is 2.46. The van der Waals surface area contributed by atoms with Crippen molar-refractivity contribution in [2.45, 2.75) is 51.9 Å². The van der Waals surface area contributed by atoms with Crippen molar-refractivity contribution in [3.8, 4) is 0 Å². The highest BCUT2D eigenvalue weighted by Gasteiger charge is 2.05. The van der Waals surface area contributed by atoms with Crippen molar-refractivity contribution in [3.63, 3.8) is 0 Å². The molecule has 1 rings (SSSR count). The molecule has 0 aliphatic heterocycles. The van der Waals surface area contributed by atoms with Crippen molar-refractivity contribution in [2.24, 2.45) is 5.92 Å². The minimum Gasteiger partial charge on any atom is -0.295 e. The molecule has 0 heterocycles. The van der Waals surface area contributed by atoms with E-state index in [-0.39, 0.29) is 5.78 Å². The Hall–Kier alpha value is -1.11. The Morgan fingerprint density at radius 3 is 2.06 bits per heavy atom. The van der Waals surface area contributed by atoms with E-state index in [2.05, 4.69) is 31.2 Å². The van der Waals surface area contributed by atoms with Crippen molar-refractivity contribution in [2.75, 3.05) is 0 Å². The zero-order valence-electron chi connectivity index (χ0n) is 10.9. The molecule has 1 atom stereocenters. The van der Waals surface area contributed by atoms with Gasteiger partial charge in [0.25, 0.3) is 0 Å². The van der Waals surface area contributed by atoms with E-state index in [4.69, 9.17) is 0 Å². The second kappa shape index (κ2) is 8.98. The molecule has 0 amide bonds. The highest BCUT2D eigenvalue weighted by molar-refractivity contribution is 5.89. The third-order valence-corrected chi connectivity index (χ3v) is 3.01. The van der Waals surface area contributed by atoms with Gasteiger partial charge < -0.3 is 0 Å². The van der Waals surface area contributed by atoms with Gasteiger partial charge in [0.05, 0.1) is 0 Å². The molecular formula is C16H24O. The first-order valence-corrected chi connectivity index (χ1v) is 6.78. The SMILES string of the molecule is CC1CC/C=C/CC/C=C\CC/C=C/C(=O)C1. The standard InChI is InChI=1S/C16H24O/c1-15-12-10-8-6-4-2-3-5-7-9-11-13-16(17)14-15/h3,5-6,8,11,13,15H,2,4,7,9-10,12,14H2,1H3/b5-3-,8-6+,13-11+. The summed E-state index contributed by atoms with van der Waals surface area (Å²) < 4.78 is 0. The van der Waals surface area contributed by atoms with Gasteiger partial charge in [0, 0.05) is 6.42 Å². The van der Waals surface area contributed by atoms with E-state index >= 15 is 0 Å². The van der Waals surface area contributed by atoms with E-state index in [1.165, 1.54) is 0 Å². The smallest absolute Gasteiger partial charge is 0.155 e. The lowest BCUT2D eigenvalue weighted by molar-refractivity contribution is -0.115. The maximum atomic E-state index is 11.6. The number of rotatable bonds is 0. The minimum absolute atomic E-state index is 0.278. The van der Waals surface area contributed by atoms with Gasteiger partial charge in [-0.05, 0) is 50.5 Å². The summed E-state index contributed by atoms with van der Waals surface area (Å²) in [5, 5.41) is 0. The average molecular weight is 232 g/mol. The van der Waals surface area contributed by atoms with Crippen molar-refractivity contribution in [3.05, 3.63) is 36.5 Å². The molecule has 1 heteroatoms. The van der Waals surface area contributed by atoms with Crippen LogP contribution >= 0.6 is 0 Å². The summed E-state index contributed by atoms with van der Waals surface area (Å²) >= 11 is 0. The second-order valence-electron chi connectivity index (χ2n) is 4.85. The van der Waals surface area contributed by atoms with Crippen LogP contribution in [0.15, 0.2) is 36.5 Å². The van der Waals surface area contributed by atoms with Gasteiger partial charge in [-0.2, -0.15) is 0 Å². The molecule has 94 valence electrons. The van der Waals surface area contributed by atoms with E-state index in [9.17, 15) is 4.79 Å². The lowest BCUT2D eigenvalue weighted by atomic mass is 9.98. The second-order valence-corrected chi connectivity index (χ2v) is 4.85. The molecule has 17 heavy (non-hydrogen) atoms. The summed E-state index contributed by atoms with van der Waals surface area (Å²) in [7, 11) is 0. The number of ketones is 1. The zero-order chi connectivity index (χ0) is 12.3. The van der Waals surface area contributed by atoms with Crippen molar-refractivity contribution in [1.82, 2.24) is 0 Å². The first-order valence-electron chi connectivity index (χ1n) is 6.78. The monoisotopic (exact) mass is 232 g/mol. The molecule has 1 unspecified atom stereocenters. The van der Waals surface area contributed by atoms with Crippen molar-refractivity contribution in [1.29, 1.82) is 0 Å². The number of carbonyl (C=O) groups excluding carboxylic acids is 1. The quantitative estimate of drug-likeness (QED) is 0.558. The Morgan fingerprint density at radius 2 is 1.41 bits per heavy atom. The number of hydrogen-bond acceptors (Lipinski definition) is 1. The van der Waals surface area contributed by atoms with Gasteiger partial charge in [0.15, 0.2) is 5.78 Å². The van der Waals surface area contributed by atoms with Crippen LogP contribution in [0.25, 0.3) is 0 Å². The van der Waals surface area contributed by atoms with Crippen LogP contribution in [0.4, 0.5) is 0 Å². The molecule has 0 fully saturated rings. The fraction of sp³-hybridized carbons (Fsp3) is 0.562. The van der Waals surface area contributed by atoms with Crippen molar-refractivity contribution >= 4 is 5.78 Å². The van der Waals surface area contributed by atoms with E-state index < -0.39 is 0 Å². The fourth-order valence-corrected chi connectivity index (χ4v) is 1.97. The first-order chi connectivity index (χ1) is 8.29. The molecule has 1 nitrogen and oxygen atoms in total. The number of carbonyl (C=O) groups is 1. The predicted octanol–water partition coefficient (Wildman–Crippen LogP) is 4.60. The van der Waals surface area contributed by atoms with Crippen LogP contribution in [-0.2, 0) is 4.79 Å². The summed E-state index contributed by atoms with van der Waals surface area (Å²) in [4.78, 5) is 11.6. The molecule has 0 bridgehead atoms. The average Bonchev–Trinajstić information content (AvgIpc) is 2.30. The normalized spacial score (nSPS) is 29.9. The summed E-state index contributed by atoms with van der Waals surface area (Å²) in [6, 6.07) is 0. The Morgan fingerprint density at radius 1 is 0.882 bits per heavy atom. The lowest BCUT2D eigenvalue weighted by Crippen LogP contribution is -2.02. The summed E-state index contributed by atoms with van der Waals surface area (Å²) in [6.45, 7) is 2.17. The van der Waals surface area contributed by atoms with Crippen LogP contribution in [0.2, 0.25) is 0 Å². The Labute approximate surface area is 105 Å². The number of hydrogen-bond donors (Lipinski definition) is 0. The predicted molar refractivity (Wildman–Crippen MR) is 73.9 cm³/mol. The topological polar surface area (TPSA) is 17.1 Å². The van der Waals surface area contributed by atoms with Gasteiger partial charge in [0.1, 0.15) is 0 Å². The summed E-state index contributed by atoms with van der Waals surface area (Å²) in [5.74, 6) is 0.778. The van der Waals surface area contributed by atoms with Crippen molar-refractivity contribution < 1.29 is 4.79 Å². The van der Waals surface area contributed by atoms with E-state index in [1.807, 2.05) is 6.08 Å². The third kappa shape index (κ3) is 7.73. The third-order valence-electron chi connectivity index (χ3n) is 3.01. The molecule has 0 saturated heterocycles. The van der Waals surface area contributed by atoms with Gasteiger partial charge in [-0.15, -0.1) is 0 Å². The minimum atomic E-state index is 0.278. The van der Waals surface area contributed by atoms with Crippen LogP contribution in [0.3, 0.4) is 0 Å². The highest BCUT2D eigenvalue weighted by Crippen LogP contribution is 2.12. The molecule has 0 aromatic rings. The van der Waals surface area contributed by atoms with Gasteiger partial charge in [-0.25, -0.2) is 0 Å².